The zero-order chi connectivity index (χ0) is 19.4. The number of amides is 1. The highest BCUT2D eigenvalue weighted by molar-refractivity contribution is 9.10. The Labute approximate surface area is 173 Å². The van der Waals surface area contributed by atoms with Crippen LogP contribution in [0.2, 0.25) is 10.0 Å². The lowest BCUT2D eigenvalue weighted by Crippen LogP contribution is -2.21. The van der Waals surface area contributed by atoms with Gasteiger partial charge < -0.3 is 10.1 Å². The minimum atomic E-state index is -0.395. The molecule has 27 heavy (non-hydrogen) atoms. The SMILES string of the molecule is O=C(COc1ccc(Cl)cc1Cl)Nc1nn(Cc2ccc(F)cc2)cc1Br. The molecule has 3 rings (SSSR count). The van der Waals surface area contributed by atoms with E-state index in [1.165, 1.54) is 18.2 Å². The first kappa shape index (κ1) is 19.7. The molecule has 0 bridgehead atoms. The van der Waals surface area contributed by atoms with Gasteiger partial charge in [0, 0.05) is 11.2 Å². The van der Waals surface area contributed by atoms with E-state index in [9.17, 15) is 9.18 Å². The molecule has 0 aliphatic rings. The maximum absolute atomic E-state index is 13.0. The Morgan fingerprint density at radius 3 is 2.67 bits per heavy atom. The topological polar surface area (TPSA) is 56.1 Å². The molecule has 0 spiro atoms. The maximum Gasteiger partial charge on any atom is 0.263 e. The number of hydrogen-bond donors (Lipinski definition) is 1. The zero-order valence-electron chi connectivity index (χ0n) is 13.8. The number of carbonyl (C=O) groups is 1. The Hall–Kier alpha value is -2.09. The number of halogens is 4. The van der Waals surface area contributed by atoms with Crippen LogP contribution in [0.15, 0.2) is 53.1 Å². The molecular formula is C18H13BrCl2FN3O2. The summed E-state index contributed by atoms with van der Waals surface area (Å²) in [5.41, 5.74) is 0.880. The number of benzene rings is 2. The van der Waals surface area contributed by atoms with Crippen molar-refractivity contribution in [1.82, 2.24) is 9.78 Å². The Kier molecular flexibility index (Phi) is 6.36. The molecule has 140 valence electrons. The molecule has 0 aliphatic carbocycles. The quantitative estimate of drug-likeness (QED) is 0.539. The van der Waals surface area contributed by atoms with Crippen LogP contribution in [0.1, 0.15) is 5.56 Å². The minimum Gasteiger partial charge on any atom is -0.482 e. The summed E-state index contributed by atoms with van der Waals surface area (Å²) >= 11 is 15.2. The summed E-state index contributed by atoms with van der Waals surface area (Å²) in [5, 5.41) is 7.75. The summed E-state index contributed by atoms with van der Waals surface area (Å²) in [6.07, 6.45) is 1.72. The van der Waals surface area contributed by atoms with Crippen molar-refractivity contribution in [3.05, 3.63) is 74.6 Å². The first-order valence-electron chi connectivity index (χ1n) is 7.76. The van der Waals surface area contributed by atoms with E-state index in [0.29, 0.717) is 32.6 Å². The van der Waals surface area contributed by atoms with Crippen LogP contribution in [-0.4, -0.2) is 22.3 Å². The molecule has 9 heteroatoms. The molecule has 0 atom stereocenters. The van der Waals surface area contributed by atoms with E-state index in [1.807, 2.05) is 0 Å². The normalized spacial score (nSPS) is 10.7. The van der Waals surface area contributed by atoms with E-state index in [-0.39, 0.29) is 12.4 Å². The molecule has 3 aromatic rings. The van der Waals surface area contributed by atoms with Gasteiger partial charge in [-0.3, -0.25) is 9.48 Å². The molecule has 1 N–H and O–H groups in total. The number of aromatic nitrogens is 2. The summed E-state index contributed by atoms with van der Waals surface area (Å²) in [4.78, 5) is 12.1. The van der Waals surface area contributed by atoms with E-state index in [1.54, 1.807) is 35.1 Å². The third-order valence-electron chi connectivity index (χ3n) is 3.49. The van der Waals surface area contributed by atoms with Gasteiger partial charge in [-0.25, -0.2) is 4.39 Å². The average Bonchev–Trinajstić information content (AvgIpc) is 2.95. The summed E-state index contributed by atoms with van der Waals surface area (Å²) in [6.45, 7) is 0.199. The van der Waals surface area contributed by atoms with Gasteiger partial charge in [0.1, 0.15) is 11.6 Å². The highest BCUT2D eigenvalue weighted by Crippen LogP contribution is 2.27. The first-order valence-corrected chi connectivity index (χ1v) is 9.30. The van der Waals surface area contributed by atoms with Crippen molar-refractivity contribution in [2.24, 2.45) is 0 Å². The second kappa shape index (κ2) is 8.73. The first-order chi connectivity index (χ1) is 12.9. The van der Waals surface area contributed by atoms with Crippen LogP contribution in [-0.2, 0) is 11.3 Å². The summed E-state index contributed by atoms with van der Waals surface area (Å²) in [7, 11) is 0. The summed E-state index contributed by atoms with van der Waals surface area (Å²) < 4.78 is 20.6. The van der Waals surface area contributed by atoms with Crippen LogP contribution in [0.5, 0.6) is 5.75 Å². The standard InChI is InChI=1S/C18H13BrCl2FN3O2/c19-14-9-25(8-11-1-4-13(22)5-2-11)24-18(14)23-17(26)10-27-16-6-3-12(20)7-15(16)21/h1-7,9H,8,10H2,(H,23,24,26). The number of carbonyl (C=O) groups excluding carboxylic acids is 1. The molecule has 0 saturated heterocycles. The Morgan fingerprint density at radius 1 is 1.22 bits per heavy atom. The number of anilines is 1. The fourth-order valence-corrected chi connectivity index (χ4v) is 3.12. The molecule has 0 fully saturated rings. The number of rotatable bonds is 6. The van der Waals surface area contributed by atoms with Crippen LogP contribution in [0, 0.1) is 5.82 Å². The Balaban J connectivity index is 1.59. The van der Waals surface area contributed by atoms with Gasteiger partial charge in [0.05, 0.1) is 16.0 Å². The van der Waals surface area contributed by atoms with E-state index in [0.717, 1.165) is 5.56 Å². The number of nitrogens with zero attached hydrogens (tertiary/aromatic N) is 2. The molecule has 0 unspecified atom stereocenters. The van der Waals surface area contributed by atoms with Crippen LogP contribution >= 0.6 is 39.1 Å². The lowest BCUT2D eigenvalue weighted by Gasteiger charge is -2.08. The van der Waals surface area contributed by atoms with Gasteiger partial charge in [0.25, 0.3) is 5.91 Å². The lowest BCUT2D eigenvalue weighted by molar-refractivity contribution is -0.118. The highest BCUT2D eigenvalue weighted by atomic mass is 79.9. The molecule has 1 aromatic heterocycles. The highest BCUT2D eigenvalue weighted by Gasteiger charge is 2.12. The van der Waals surface area contributed by atoms with E-state index in [2.05, 4.69) is 26.3 Å². The second-order valence-corrected chi connectivity index (χ2v) is 7.26. The molecule has 0 saturated carbocycles. The van der Waals surface area contributed by atoms with Gasteiger partial charge in [-0.05, 0) is 51.8 Å². The molecule has 0 aliphatic heterocycles. The molecule has 0 radical (unpaired) electrons. The largest absolute Gasteiger partial charge is 0.482 e. The Morgan fingerprint density at radius 2 is 1.96 bits per heavy atom. The van der Waals surface area contributed by atoms with E-state index < -0.39 is 5.91 Å². The van der Waals surface area contributed by atoms with Gasteiger partial charge in [-0.1, -0.05) is 35.3 Å². The number of nitrogens with one attached hydrogen (secondary N) is 1. The fourth-order valence-electron chi connectivity index (χ4n) is 2.24. The van der Waals surface area contributed by atoms with Crippen molar-refractivity contribution in [2.45, 2.75) is 6.54 Å². The van der Waals surface area contributed by atoms with Crippen molar-refractivity contribution < 1.29 is 13.9 Å². The number of hydrogen-bond acceptors (Lipinski definition) is 3. The fraction of sp³-hybridized carbons (Fsp3) is 0.111. The van der Waals surface area contributed by atoms with Crippen LogP contribution in [0.25, 0.3) is 0 Å². The predicted molar refractivity (Wildman–Crippen MR) is 106 cm³/mol. The lowest BCUT2D eigenvalue weighted by atomic mass is 10.2. The zero-order valence-corrected chi connectivity index (χ0v) is 16.9. The van der Waals surface area contributed by atoms with Gasteiger partial charge in [0.2, 0.25) is 0 Å². The predicted octanol–water partition coefficient (Wildman–Crippen LogP) is 5.16. The monoisotopic (exact) mass is 471 g/mol. The van der Waals surface area contributed by atoms with Gasteiger partial charge in [0.15, 0.2) is 12.4 Å². The summed E-state index contributed by atoms with van der Waals surface area (Å²) in [6, 6.07) is 10.9. The minimum absolute atomic E-state index is 0.237. The van der Waals surface area contributed by atoms with Crippen LogP contribution < -0.4 is 10.1 Å². The van der Waals surface area contributed by atoms with E-state index >= 15 is 0 Å². The van der Waals surface area contributed by atoms with E-state index in [4.69, 9.17) is 27.9 Å². The van der Waals surface area contributed by atoms with Crippen molar-refractivity contribution in [2.75, 3.05) is 11.9 Å². The molecule has 1 amide bonds. The number of ether oxygens (including phenoxy) is 1. The van der Waals surface area contributed by atoms with Crippen molar-refractivity contribution in [1.29, 1.82) is 0 Å². The smallest absolute Gasteiger partial charge is 0.263 e. The van der Waals surface area contributed by atoms with Gasteiger partial charge in [-0.15, -0.1) is 0 Å². The van der Waals surface area contributed by atoms with Gasteiger partial charge >= 0.3 is 0 Å². The van der Waals surface area contributed by atoms with Crippen molar-refractivity contribution in [3.63, 3.8) is 0 Å². The van der Waals surface area contributed by atoms with Crippen LogP contribution in [0.3, 0.4) is 0 Å². The molecule has 2 aromatic carbocycles. The summed E-state index contributed by atoms with van der Waals surface area (Å²) in [5.74, 6) is 0.0212. The maximum atomic E-state index is 13.0. The van der Waals surface area contributed by atoms with Gasteiger partial charge in [-0.2, -0.15) is 5.10 Å². The molecule has 5 nitrogen and oxygen atoms in total. The molecule has 1 heterocycles. The van der Waals surface area contributed by atoms with Crippen molar-refractivity contribution in [3.8, 4) is 5.75 Å². The van der Waals surface area contributed by atoms with Crippen LogP contribution in [0.4, 0.5) is 10.2 Å². The second-order valence-electron chi connectivity index (χ2n) is 5.56. The average molecular weight is 473 g/mol. The third-order valence-corrected chi connectivity index (χ3v) is 4.60. The molecular weight excluding hydrogens is 460 g/mol. The van der Waals surface area contributed by atoms with Crippen molar-refractivity contribution >= 4 is 50.9 Å². The Bertz CT molecular complexity index is 964. The third kappa shape index (κ3) is 5.45.